The molecule has 0 saturated carbocycles. The van der Waals surface area contributed by atoms with Crippen molar-refractivity contribution in [1.29, 1.82) is 0 Å². The highest BCUT2D eigenvalue weighted by Crippen LogP contribution is 2.35. The molecule has 1 aliphatic heterocycles. The van der Waals surface area contributed by atoms with E-state index in [1.165, 1.54) is 12.1 Å². The van der Waals surface area contributed by atoms with Crippen molar-refractivity contribution in [2.45, 2.75) is 65.2 Å². The van der Waals surface area contributed by atoms with Crippen LogP contribution >= 0.6 is 11.6 Å². The number of piperidine rings is 1. The van der Waals surface area contributed by atoms with Crippen LogP contribution in [0.3, 0.4) is 0 Å². The lowest BCUT2D eigenvalue weighted by molar-refractivity contribution is 0.0184. The number of nitrogen functional groups attached to an aromatic ring is 1. The number of benzene rings is 1. The molecule has 0 aliphatic carbocycles. The summed E-state index contributed by atoms with van der Waals surface area (Å²) in [6, 6.07) is 4.68. The van der Waals surface area contributed by atoms with Crippen LogP contribution in [0.4, 0.5) is 15.0 Å². The van der Waals surface area contributed by atoms with E-state index in [-0.39, 0.29) is 23.8 Å². The summed E-state index contributed by atoms with van der Waals surface area (Å²) in [6.07, 6.45) is 4.07. The minimum absolute atomic E-state index is 0.107. The highest BCUT2D eigenvalue weighted by atomic mass is 35.5. The molecule has 1 aromatic carbocycles. The number of amides is 1. The van der Waals surface area contributed by atoms with Crippen molar-refractivity contribution in [3.05, 3.63) is 52.6 Å². The molecular formula is C26H32ClFN6O3. The fourth-order valence-corrected chi connectivity index (χ4v) is 4.69. The number of carbonyl (C=O) groups excluding carboxylic acids is 1. The first-order chi connectivity index (χ1) is 17.4. The summed E-state index contributed by atoms with van der Waals surface area (Å²) in [5.74, 6) is 0.177. The zero-order chi connectivity index (χ0) is 26.9. The number of rotatable bonds is 5. The Kier molecular flexibility index (Phi) is 7.59. The number of nitrogens with two attached hydrogens (primary N) is 1. The molecule has 1 amide bonds. The van der Waals surface area contributed by atoms with Gasteiger partial charge in [-0.05, 0) is 71.2 Å². The number of nitrogens with zero attached hydrogens (tertiary/aromatic N) is 5. The molecule has 2 aromatic heterocycles. The van der Waals surface area contributed by atoms with Crippen molar-refractivity contribution in [3.63, 3.8) is 0 Å². The SMILES string of the molecule is Cc1c(F)ccc(Cl)c1[C@H](C)Oc1cc(-c2cn(C3CCN(C(=O)OC(C)(C)C)CC3)nn2)cnc1N. The van der Waals surface area contributed by atoms with Crippen LogP contribution in [0.25, 0.3) is 11.3 Å². The lowest BCUT2D eigenvalue weighted by atomic mass is 10.0. The van der Waals surface area contributed by atoms with Gasteiger partial charge in [-0.25, -0.2) is 18.9 Å². The largest absolute Gasteiger partial charge is 0.482 e. The van der Waals surface area contributed by atoms with Gasteiger partial charge in [0.15, 0.2) is 11.6 Å². The number of hydrogen-bond acceptors (Lipinski definition) is 7. The van der Waals surface area contributed by atoms with E-state index in [9.17, 15) is 9.18 Å². The van der Waals surface area contributed by atoms with Gasteiger partial charge >= 0.3 is 6.09 Å². The predicted octanol–water partition coefficient (Wildman–Crippen LogP) is 5.74. The molecule has 2 N–H and O–H groups in total. The summed E-state index contributed by atoms with van der Waals surface area (Å²) >= 11 is 6.32. The Morgan fingerprint density at radius 2 is 1.97 bits per heavy atom. The van der Waals surface area contributed by atoms with Gasteiger partial charge in [0.2, 0.25) is 0 Å². The van der Waals surface area contributed by atoms with E-state index < -0.39 is 11.7 Å². The highest BCUT2D eigenvalue weighted by Gasteiger charge is 2.28. The van der Waals surface area contributed by atoms with E-state index in [4.69, 9.17) is 26.8 Å². The van der Waals surface area contributed by atoms with Crippen LogP contribution in [-0.4, -0.2) is 49.7 Å². The van der Waals surface area contributed by atoms with Crippen LogP contribution in [-0.2, 0) is 4.74 Å². The van der Waals surface area contributed by atoms with Crippen LogP contribution in [0.1, 0.15) is 63.8 Å². The first kappa shape index (κ1) is 26.7. The average molecular weight is 531 g/mol. The zero-order valence-corrected chi connectivity index (χ0v) is 22.4. The Hall–Kier alpha value is -3.40. The summed E-state index contributed by atoms with van der Waals surface area (Å²) in [6.45, 7) is 10.2. The van der Waals surface area contributed by atoms with Gasteiger partial charge in [-0.3, -0.25) is 0 Å². The third-order valence-corrected chi connectivity index (χ3v) is 6.61. The van der Waals surface area contributed by atoms with Crippen LogP contribution in [0, 0.1) is 12.7 Å². The molecule has 1 saturated heterocycles. The Bertz CT molecular complexity index is 1280. The predicted molar refractivity (Wildman–Crippen MR) is 139 cm³/mol. The van der Waals surface area contributed by atoms with Gasteiger partial charge in [-0.15, -0.1) is 5.10 Å². The molecule has 3 heterocycles. The summed E-state index contributed by atoms with van der Waals surface area (Å²) in [7, 11) is 0. The second-order valence-electron chi connectivity index (χ2n) is 10.2. The molecule has 1 atom stereocenters. The van der Waals surface area contributed by atoms with Gasteiger partial charge in [0, 0.05) is 35.4 Å². The van der Waals surface area contributed by atoms with E-state index in [1.807, 2.05) is 31.6 Å². The van der Waals surface area contributed by atoms with E-state index >= 15 is 0 Å². The van der Waals surface area contributed by atoms with Crippen molar-refractivity contribution in [1.82, 2.24) is 24.9 Å². The van der Waals surface area contributed by atoms with Crippen LogP contribution in [0.2, 0.25) is 5.02 Å². The quantitative estimate of drug-likeness (QED) is 0.448. The number of likely N-dealkylation sites (tertiary alicyclic amines) is 1. The molecule has 3 aromatic rings. The minimum atomic E-state index is -0.562. The number of hydrogen-bond donors (Lipinski definition) is 1. The molecule has 4 rings (SSSR count). The van der Waals surface area contributed by atoms with Crippen LogP contribution in [0.5, 0.6) is 5.75 Å². The number of anilines is 1. The number of pyridine rings is 1. The molecule has 37 heavy (non-hydrogen) atoms. The first-order valence-corrected chi connectivity index (χ1v) is 12.6. The van der Waals surface area contributed by atoms with Gasteiger partial charge in [0.1, 0.15) is 23.2 Å². The molecule has 9 nitrogen and oxygen atoms in total. The average Bonchev–Trinajstić information content (AvgIpc) is 3.32. The van der Waals surface area contributed by atoms with Crippen molar-refractivity contribution >= 4 is 23.5 Å². The van der Waals surface area contributed by atoms with E-state index in [2.05, 4.69) is 15.3 Å². The molecule has 0 spiro atoms. The Morgan fingerprint density at radius 1 is 1.27 bits per heavy atom. The maximum absolute atomic E-state index is 14.1. The van der Waals surface area contributed by atoms with Gasteiger partial charge in [-0.2, -0.15) is 0 Å². The highest BCUT2D eigenvalue weighted by molar-refractivity contribution is 6.31. The fourth-order valence-electron chi connectivity index (χ4n) is 4.33. The van der Waals surface area contributed by atoms with Crippen LogP contribution in [0.15, 0.2) is 30.6 Å². The minimum Gasteiger partial charge on any atom is -0.482 e. The molecule has 0 unspecified atom stereocenters. The number of aromatic nitrogens is 4. The number of carbonyl (C=O) groups is 1. The van der Waals surface area contributed by atoms with E-state index in [0.717, 1.165) is 12.8 Å². The van der Waals surface area contributed by atoms with Gasteiger partial charge < -0.3 is 20.1 Å². The third kappa shape index (κ3) is 6.12. The van der Waals surface area contributed by atoms with Crippen molar-refractivity contribution < 1.29 is 18.7 Å². The Balaban J connectivity index is 1.45. The molecule has 1 aliphatic rings. The molecule has 198 valence electrons. The van der Waals surface area contributed by atoms with Crippen molar-refractivity contribution in [3.8, 4) is 17.0 Å². The summed E-state index contributed by atoms with van der Waals surface area (Å²) in [5.41, 5.74) is 7.81. The molecule has 11 heteroatoms. The third-order valence-electron chi connectivity index (χ3n) is 6.28. The van der Waals surface area contributed by atoms with Crippen molar-refractivity contribution in [2.24, 2.45) is 0 Å². The summed E-state index contributed by atoms with van der Waals surface area (Å²) < 4.78 is 27.5. The van der Waals surface area contributed by atoms with Crippen molar-refractivity contribution in [2.75, 3.05) is 18.8 Å². The van der Waals surface area contributed by atoms with Gasteiger partial charge in [0.25, 0.3) is 0 Å². The summed E-state index contributed by atoms with van der Waals surface area (Å²) in [5, 5.41) is 9.04. The normalized spacial score (nSPS) is 15.5. The monoisotopic (exact) mass is 530 g/mol. The lowest BCUT2D eigenvalue weighted by Gasteiger charge is -2.33. The standard InChI is InChI=1S/C26H32ClFN6O3/c1-15-20(28)7-6-19(27)23(15)16(2)36-22-12-17(13-30-24(22)29)21-14-34(32-31-21)18-8-10-33(11-9-18)25(35)37-26(3,4)5/h6-7,12-14,16,18H,8-11H2,1-5H3,(H2,29,30)/t16-/m0/s1. The second kappa shape index (κ2) is 10.5. The number of ether oxygens (including phenoxy) is 2. The van der Waals surface area contributed by atoms with E-state index in [0.29, 0.717) is 46.2 Å². The maximum atomic E-state index is 14.1. The number of halogens is 2. The Labute approximate surface area is 220 Å². The Morgan fingerprint density at radius 3 is 2.65 bits per heavy atom. The van der Waals surface area contributed by atoms with Gasteiger partial charge in [0.05, 0.1) is 12.2 Å². The maximum Gasteiger partial charge on any atom is 0.410 e. The lowest BCUT2D eigenvalue weighted by Crippen LogP contribution is -2.42. The second-order valence-corrected chi connectivity index (χ2v) is 10.6. The van der Waals surface area contributed by atoms with E-state index in [1.54, 1.807) is 31.0 Å². The first-order valence-electron chi connectivity index (χ1n) is 12.2. The molecule has 1 fully saturated rings. The summed E-state index contributed by atoms with van der Waals surface area (Å²) in [4.78, 5) is 18.3. The molecule has 0 bridgehead atoms. The zero-order valence-electron chi connectivity index (χ0n) is 21.7. The topological polar surface area (TPSA) is 108 Å². The van der Waals surface area contributed by atoms with Gasteiger partial charge in [-0.1, -0.05) is 16.8 Å². The smallest absolute Gasteiger partial charge is 0.410 e. The van der Waals surface area contributed by atoms with Crippen LogP contribution < -0.4 is 10.5 Å². The molecule has 0 radical (unpaired) electrons. The fraction of sp³-hybridized carbons (Fsp3) is 0.462. The molecular weight excluding hydrogens is 499 g/mol.